The molecule has 5 nitrogen and oxygen atoms in total. The van der Waals surface area contributed by atoms with Gasteiger partial charge in [0, 0.05) is 0 Å². The summed E-state index contributed by atoms with van der Waals surface area (Å²) in [6.45, 7) is 2.14. The van der Waals surface area contributed by atoms with E-state index in [4.69, 9.17) is 18.9 Å². The molecule has 2 aromatic rings. The van der Waals surface area contributed by atoms with Gasteiger partial charge in [0.25, 0.3) is 0 Å². The molecule has 0 aliphatic heterocycles. The molecular formula is C19H22O5. The molecule has 0 spiro atoms. The molecule has 0 atom stereocenters. The Labute approximate surface area is 142 Å². The standard InChI is InChI=1S/C19H22O5/c1-5-6-13-7-9-15(10-8-13)24-17-12-14(19(20)23-4)11-16(21-2)18(17)22-3/h7-12H,5-6H2,1-4H3. The van der Waals surface area contributed by atoms with Crippen molar-refractivity contribution < 1.29 is 23.7 Å². The molecule has 0 aliphatic rings. The zero-order valence-electron chi connectivity index (χ0n) is 14.4. The molecule has 0 radical (unpaired) electrons. The van der Waals surface area contributed by atoms with Gasteiger partial charge in [-0.2, -0.15) is 0 Å². The van der Waals surface area contributed by atoms with Gasteiger partial charge < -0.3 is 18.9 Å². The summed E-state index contributed by atoms with van der Waals surface area (Å²) >= 11 is 0. The number of hydrogen-bond acceptors (Lipinski definition) is 5. The van der Waals surface area contributed by atoms with Gasteiger partial charge in [-0.3, -0.25) is 0 Å². The highest BCUT2D eigenvalue weighted by Crippen LogP contribution is 2.40. The Morgan fingerprint density at radius 2 is 1.62 bits per heavy atom. The summed E-state index contributed by atoms with van der Waals surface area (Å²) in [4.78, 5) is 11.8. The van der Waals surface area contributed by atoms with Gasteiger partial charge in [-0.1, -0.05) is 25.5 Å². The van der Waals surface area contributed by atoms with E-state index < -0.39 is 5.97 Å². The lowest BCUT2D eigenvalue weighted by Crippen LogP contribution is -2.04. The Kier molecular flexibility index (Phi) is 6.07. The highest BCUT2D eigenvalue weighted by molar-refractivity contribution is 5.91. The van der Waals surface area contributed by atoms with Crippen LogP contribution in [0.3, 0.4) is 0 Å². The van der Waals surface area contributed by atoms with Gasteiger partial charge in [0.05, 0.1) is 26.9 Å². The van der Waals surface area contributed by atoms with Crippen molar-refractivity contribution in [2.24, 2.45) is 0 Å². The van der Waals surface area contributed by atoms with Crippen molar-refractivity contribution in [3.8, 4) is 23.0 Å². The first-order valence-electron chi connectivity index (χ1n) is 7.74. The monoisotopic (exact) mass is 330 g/mol. The molecule has 0 saturated heterocycles. The number of carbonyl (C=O) groups is 1. The van der Waals surface area contributed by atoms with Crippen LogP contribution in [0, 0.1) is 0 Å². The second kappa shape index (κ2) is 8.24. The lowest BCUT2D eigenvalue weighted by Gasteiger charge is -2.15. The topological polar surface area (TPSA) is 54.0 Å². The molecule has 0 N–H and O–H groups in total. The second-order valence-electron chi connectivity index (χ2n) is 5.20. The van der Waals surface area contributed by atoms with E-state index in [9.17, 15) is 4.79 Å². The molecule has 0 bridgehead atoms. The van der Waals surface area contributed by atoms with Crippen LogP contribution in [-0.2, 0) is 11.2 Å². The maximum absolute atomic E-state index is 11.8. The van der Waals surface area contributed by atoms with Crippen molar-refractivity contribution in [2.75, 3.05) is 21.3 Å². The maximum Gasteiger partial charge on any atom is 0.338 e. The largest absolute Gasteiger partial charge is 0.493 e. The van der Waals surface area contributed by atoms with E-state index >= 15 is 0 Å². The van der Waals surface area contributed by atoms with Crippen molar-refractivity contribution >= 4 is 5.97 Å². The Balaban J connectivity index is 2.37. The Hall–Kier alpha value is -2.69. The van der Waals surface area contributed by atoms with Gasteiger partial charge in [-0.25, -0.2) is 4.79 Å². The summed E-state index contributed by atoms with van der Waals surface area (Å²) in [5.74, 6) is 1.39. The van der Waals surface area contributed by atoms with Crippen LogP contribution < -0.4 is 14.2 Å². The Morgan fingerprint density at radius 1 is 0.958 bits per heavy atom. The van der Waals surface area contributed by atoms with Crippen LogP contribution in [0.25, 0.3) is 0 Å². The molecule has 0 unspecified atom stereocenters. The Morgan fingerprint density at radius 3 is 2.17 bits per heavy atom. The van der Waals surface area contributed by atoms with E-state index in [-0.39, 0.29) is 0 Å². The summed E-state index contributed by atoms with van der Waals surface area (Å²) in [5, 5.41) is 0. The second-order valence-corrected chi connectivity index (χ2v) is 5.20. The van der Waals surface area contributed by atoms with Crippen LogP contribution in [-0.4, -0.2) is 27.3 Å². The fourth-order valence-corrected chi connectivity index (χ4v) is 2.38. The highest BCUT2D eigenvalue weighted by Gasteiger charge is 2.18. The van der Waals surface area contributed by atoms with Gasteiger partial charge in [-0.15, -0.1) is 0 Å². The SMILES string of the molecule is CCCc1ccc(Oc2cc(C(=O)OC)cc(OC)c2OC)cc1. The minimum Gasteiger partial charge on any atom is -0.493 e. The summed E-state index contributed by atoms with van der Waals surface area (Å²) in [5.41, 5.74) is 1.57. The average molecular weight is 330 g/mol. The van der Waals surface area contributed by atoms with Crippen LogP contribution in [0.15, 0.2) is 36.4 Å². The zero-order valence-corrected chi connectivity index (χ0v) is 14.4. The van der Waals surface area contributed by atoms with Gasteiger partial charge in [-0.05, 0) is 36.2 Å². The third kappa shape index (κ3) is 3.98. The molecule has 0 fully saturated rings. The molecule has 24 heavy (non-hydrogen) atoms. The molecule has 2 rings (SSSR count). The number of hydrogen-bond donors (Lipinski definition) is 0. The number of benzene rings is 2. The van der Waals surface area contributed by atoms with Crippen molar-refractivity contribution in [3.05, 3.63) is 47.5 Å². The van der Waals surface area contributed by atoms with Crippen molar-refractivity contribution in [1.29, 1.82) is 0 Å². The van der Waals surface area contributed by atoms with E-state index in [0.717, 1.165) is 12.8 Å². The van der Waals surface area contributed by atoms with E-state index in [2.05, 4.69) is 6.92 Å². The van der Waals surface area contributed by atoms with Gasteiger partial charge in [0.15, 0.2) is 11.5 Å². The fraction of sp³-hybridized carbons (Fsp3) is 0.316. The number of rotatable bonds is 7. The average Bonchev–Trinajstić information content (AvgIpc) is 2.62. The minimum atomic E-state index is -0.473. The number of ether oxygens (including phenoxy) is 4. The zero-order chi connectivity index (χ0) is 17.5. The minimum absolute atomic E-state index is 0.327. The first kappa shape index (κ1) is 17.7. The lowest BCUT2D eigenvalue weighted by atomic mass is 10.1. The number of methoxy groups -OCH3 is 3. The molecule has 0 amide bonds. The molecule has 5 heteroatoms. The lowest BCUT2D eigenvalue weighted by molar-refractivity contribution is 0.0600. The quantitative estimate of drug-likeness (QED) is 0.711. The predicted molar refractivity (Wildman–Crippen MR) is 91.4 cm³/mol. The van der Waals surface area contributed by atoms with Crippen molar-refractivity contribution in [3.63, 3.8) is 0 Å². The summed E-state index contributed by atoms with van der Waals surface area (Å²) in [7, 11) is 4.35. The molecular weight excluding hydrogens is 308 g/mol. The van der Waals surface area contributed by atoms with Crippen LogP contribution >= 0.6 is 0 Å². The molecule has 0 heterocycles. The van der Waals surface area contributed by atoms with Crippen LogP contribution in [0.2, 0.25) is 0 Å². The molecule has 0 aliphatic carbocycles. The van der Waals surface area contributed by atoms with Gasteiger partial charge >= 0.3 is 5.97 Å². The van der Waals surface area contributed by atoms with E-state index in [0.29, 0.717) is 28.6 Å². The first-order chi connectivity index (χ1) is 11.6. The number of aryl methyl sites for hydroxylation is 1. The summed E-state index contributed by atoms with van der Waals surface area (Å²) < 4.78 is 21.3. The molecule has 0 saturated carbocycles. The number of esters is 1. The van der Waals surface area contributed by atoms with Crippen LogP contribution in [0.4, 0.5) is 0 Å². The predicted octanol–water partition coefficient (Wildman–Crippen LogP) is 4.24. The van der Waals surface area contributed by atoms with Crippen molar-refractivity contribution in [2.45, 2.75) is 19.8 Å². The normalized spacial score (nSPS) is 10.2. The molecule has 2 aromatic carbocycles. The first-order valence-corrected chi connectivity index (χ1v) is 7.74. The smallest absolute Gasteiger partial charge is 0.338 e. The van der Waals surface area contributed by atoms with E-state index in [1.807, 2.05) is 24.3 Å². The Bertz CT molecular complexity index is 692. The van der Waals surface area contributed by atoms with Crippen LogP contribution in [0.1, 0.15) is 29.3 Å². The van der Waals surface area contributed by atoms with Crippen LogP contribution in [0.5, 0.6) is 23.0 Å². The van der Waals surface area contributed by atoms with Gasteiger partial charge in [0.2, 0.25) is 5.75 Å². The highest BCUT2D eigenvalue weighted by atomic mass is 16.5. The summed E-state index contributed by atoms with van der Waals surface area (Å²) in [6, 6.07) is 11.0. The third-order valence-corrected chi connectivity index (χ3v) is 3.56. The summed E-state index contributed by atoms with van der Waals surface area (Å²) in [6.07, 6.45) is 2.11. The fourth-order valence-electron chi connectivity index (χ4n) is 2.38. The van der Waals surface area contributed by atoms with E-state index in [1.54, 1.807) is 12.1 Å². The molecule has 128 valence electrons. The maximum atomic E-state index is 11.8. The van der Waals surface area contributed by atoms with Crippen molar-refractivity contribution in [1.82, 2.24) is 0 Å². The van der Waals surface area contributed by atoms with Gasteiger partial charge in [0.1, 0.15) is 5.75 Å². The number of carbonyl (C=O) groups excluding carboxylic acids is 1. The third-order valence-electron chi connectivity index (χ3n) is 3.56. The van der Waals surface area contributed by atoms with E-state index in [1.165, 1.54) is 26.9 Å². The molecule has 0 aromatic heterocycles.